The number of halogens is 4. The summed E-state index contributed by atoms with van der Waals surface area (Å²) in [5.74, 6) is -0.352. The van der Waals surface area contributed by atoms with E-state index in [-0.39, 0.29) is 5.76 Å². The molecular formula is C12H6F4O2. The van der Waals surface area contributed by atoms with Crippen LogP contribution in [-0.4, -0.2) is 6.04 Å². The lowest BCUT2D eigenvalue weighted by Crippen LogP contribution is -2.03. The fourth-order valence-electron chi connectivity index (χ4n) is 1.42. The lowest BCUT2D eigenvalue weighted by Gasteiger charge is -2.06. The van der Waals surface area contributed by atoms with E-state index in [4.69, 9.17) is 4.42 Å². The monoisotopic (exact) mass is 258 g/mol. The SMILES string of the molecule is O=C(F)c1ccc(-c2ccc(C(F)(F)F)cc2)o1. The summed E-state index contributed by atoms with van der Waals surface area (Å²) in [6.07, 6.45) is -4.41. The van der Waals surface area contributed by atoms with Crippen molar-refractivity contribution in [1.29, 1.82) is 0 Å². The normalized spacial score (nSPS) is 11.6. The van der Waals surface area contributed by atoms with E-state index in [0.717, 1.165) is 18.2 Å². The van der Waals surface area contributed by atoms with Crippen molar-refractivity contribution in [3.63, 3.8) is 0 Å². The molecular weight excluding hydrogens is 252 g/mol. The summed E-state index contributed by atoms with van der Waals surface area (Å²) in [4.78, 5) is 10.4. The molecule has 0 bridgehead atoms. The lowest BCUT2D eigenvalue weighted by molar-refractivity contribution is -0.137. The van der Waals surface area contributed by atoms with Crippen molar-refractivity contribution in [2.45, 2.75) is 6.18 Å². The van der Waals surface area contributed by atoms with E-state index in [1.807, 2.05) is 0 Å². The number of carbonyl (C=O) groups excluding carboxylic acids is 1. The molecule has 1 aromatic carbocycles. The van der Waals surface area contributed by atoms with E-state index < -0.39 is 23.5 Å². The van der Waals surface area contributed by atoms with Crippen molar-refractivity contribution < 1.29 is 26.8 Å². The highest BCUT2D eigenvalue weighted by molar-refractivity contribution is 5.86. The summed E-state index contributed by atoms with van der Waals surface area (Å²) >= 11 is 0. The van der Waals surface area contributed by atoms with Crippen LogP contribution in [0.1, 0.15) is 16.1 Å². The van der Waals surface area contributed by atoms with Gasteiger partial charge in [0.2, 0.25) is 5.76 Å². The minimum absolute atomic E-state index is 0.129. The molecule has 1 aromatic heterocycles. The molecule has 0 aliphatic rings. The minimum Gasteiger partial charge on any atom is -0.450 e. The third-order valence-electron chi connectivity index (χ3n) is 2.30. The van der Waals surface area contributed by atoms with Gasteiger partial charge in [-0.05, 0) is 24.3 Å². The Morgan fingerprint density at radius 1 is 1.00 bits per heavy atom. The van der Waals surface area contributed by atoms with Gasteiger partial charge in [-0.3, -0.25) is 4.79 Å². The van der Waals surface area contributed by atoms with Crippen molar-refractivity contribution in [1.82, 2.24) is 0 Å². The minimum atomic E-state index is -4.41. The molecule has 0 fully saturated rings. The molecule has 0 saturated carbocycles. The molecule has 0 saturated heterocycles. The second-order valence-corrected chi connectivity index (χ2v) is 3.51. The third-order valence-corrected chi connectivity index (χ3v) is 2.30. The molecule has 2 rings (SSSR count). The smallest absolute Gasteiger partial charge is 0.416 e. The fraction of sp³-hybridized carbons (Fsp3) is 0.0833. The molecule has 0 atom stereocenters. The predicted molar refractivity (Wildman–Crippen MR) is 54.6 cm³/mol. The van der Waals surface area contributed by atoms with Gasteiger partial charge in [0, 0.05) is 5.56 Å². The van der Waals surface area contributed by atoms with Crippen LogP contribution in [0.25, 0.3) is 11.3 Å². The van der Waals surface area contributed by atoms with E-state index >= 15 is 0 Å². The van der Waals surface area contributed by atoms with Crippen LogP contribution in [0.4, 0.5) is 17.6 Å². The zero-order chi connectivity index (χ0) is 13.3. The van der Waals surface area contributed by atoms with Crippen LogP contribution in [0.15, 0.2) is 40.8 Å². The second kappa shape index (κ2) is 4.29. The van der Waals surface area contributed by atoms with Crippen LogP contribution < -0.4 is 0 Å². The Morgan fingerprint density at radius 2 is 1.61 bits per heavy atom. The van der Waals surface area contributed by atoms with Gasteiger partial charge in [0.05, 0.1) is 5.56 Å². The maximum atomic E-state index is 12.3. The zero-order valence-electron chi connectivity index (χ0n) is 8.79. The van der Waals surface area contributed by atoms with E-state index in [1.165, 1.54) is 18.2 Å². The molecule has 0 aliphatic carbocycles. The van der Waals surface area contributed by atoms with Crippen LogP contribution in [0.5, 0.6) is 0 Å². The average Bonchev–Trinajstić information content (AvgIpc) is 2.77. The van der Waals surface area contributed by atoms with Gasteiger partial charge in [-0.25, -0.2) is 0 Å². The molecule has 6 heteroatoms. The van der Waals surface area contributed by atoms with Crippen molar-refractivity contribution in [2.24, 2.45) is 0 Å². The highest BCUT2D eigenvalue weighted by atomic mass is 19.4. The maximum Gasteiger partial charge on any atom is 0.416 e. The quantitative estimate of drug-likeness (QED) is 0.600. The maximum absolute atomic E-state index is 12.3. The summed E-state index contributed by atoms with van der Waals surface area (Å²) in [5.41, 5.74) is -0.463. The molecule has 18 heavy (non-hydrogen) atoms. The molecule has 0 amide bonds. The Balaban J connectivity index is 2.31. The molecule has 2 nitrogen and oxygen atoms in total. The molecule has 0 N–H and O–H groups in total. The highest BCUT2D eigenvalue weighted by Crippen LogP contribution is 2.31. The molecule has 94 valence electrons. The van der Waals surface area contributed by atoms with Gasteiger partial charge in [-0.2, -0.15) is 17.6 Å². The largest absolute Gasteiger partial charge is 0.450 e. The van der Waals surface area contributed by atoms with E-state index in [2.05, 4.69) is 0 Å². The predicted octanol–water partition coefficient (Wildman–Crippen LogP) is 4.08. The van der Waals surface area contributed by atoms with Crippen LogP contribution in [0.2, 0.25) is 0 Å². The second-order valence-electron chi connectivity index (χ2n) is 3.51. The summed E-state index contributed by atoms with van der Waals surface area (Å²) in [6, 6.07) is 4.85. The van der Waals surface area contributed by atoms with Crippen molar-refractivity contribution >= 4 is 6.04 Å². The summed E-state index contributed by atoms with van der Waals surface area (Å²) < 4.78 is 54.1. The van der Waals surface area contributed by atoms with Gasteiger partial charge in [0.15, 0.2) is 0 Å². The number of rotatable bonds is 2. The Hall–Kier alpha value is -2.11. The Morgan fingerprint density at radius 3 is 2.06 bits per heavy atom. The van der Waals surface area contributed by atoms with Gasteiger partial charge in [-0.1, -0.05) is 12.1 Å². The fourth-order valence-corrected chi connectivity index (χ4v) is 1.42. The van der Waals surface area contributed by atoms with Crippen molar-refractivity contribution in [3.8, 4) is 11.3 Å². The van der Waals surface area contributed by atoms with Gasteiger partial charge in [0.25, 0.3) is 0 Å². The standard InChI is InChI=1S/C12H6F4O2/c13-11(17)10-6-5-9(18-10)7-1-3-8(4-2-7)12(14,15)16/h1-6H. The molecule has 2 aromatic rings. The van der Waals surface area contributed by atoms with Crippen LogP contribution in [-0.2, 0) is 6.18 Å². The van der Waals surface area contributed by atoms with E-state index in [1.54, 1.807) is 0 Å². The number of benzene rings is 1. The third kappa shape index (κ3) is 2.42. The summed E-state index contributed by atoms with van der Waals surface area (Å²) in [5, 5.41) is 0. The molecule has 0 spiro atoms. The first-order valence-corrected chi connectivity index (χ1v) is 4.85. The van der Waals surface area contributed by atoms with E-state index in [0.29, 0.717) is 5.56 Å². The van der Waals surface area contributed by atoms with Crippen molar-refractivity contribution in [3.05, 3.63) is 47.7 Å². The number of hydrogen-bond acceptors (Lipinski definition) is 2. The zero-order valence-corrected chi connectivity index (χ0v) is 8.79. The molecule has 0 unspecified atom stereocenters. The molecule has 0 radical (unpaired) electrons. The van der Waals surface area contributed by atoms with Gasteiger partial charge in [0.1, 0.15) is 5.76 Å². The summed E-state index contributed by atoms with van der Waals surface area (Å²) in [6.45, 7) is 0. The first-order valence-electron chi connectivity index (χ1n) is 4.85. The molecule has 0 aliphatic heterocycles. The molecule has 1 heterocycles. The first-order chi connectivity index (χ1) is 8.38. The van der Waals surface area contributed by atoms with Gasteiger partial charge in [-0.15, -0.1) is 0 Å². The van der Waals surface area contributed by atoms with Crippen LogP contribution in [0.3, 0.4) is 0 Å². The van der Waals surface area contributed by atoms with Crippen molar-refractivity contribution in [2.75, 3.05) is 0 Å². The Kier molecular flexibility index (Phi) is 2.94. The number of alkyl halides is 3. The average molecular weight is 258 g/mol. The number of carbonyl (C=O) groups is 1. The van der Waals surface area contributed by atoms with Gasteiger partial charge >= 0.3 is 12.2 Å². The van der Waals surface area contributed by atoms with Gasteiger partial charge < -0.3 is 4.42 Å². The Labute approximate surface area is 98.8 Å². The van der Waals surface area contributed by atoms with E-state index in [9.17, 15) is 22.4 Å². The highest BCUT2D eigenvalue weighted by Gasteiger charge is 2.30. The summed E-state index contributed by atoms with van der Waals surface area (Å²) in [7, 11) is 0. The first kappa shape index (κ1) is 12.3. The van der Waals surface area contributed by atoms with Crippen LogP contribution in [0, 0.1) is 0 Å². The number of hydrogen-bond donors (Lipinski definition) is 0. The number of furan rings is 1. The Bertz CT molecular complexity index is 567. The lowest BCUT2D eigenvalue weighted by atomic mass is 10.1. The van der Waals surface area contributed by atoms with Crippen LogP contribution >= 0.6 is 0 Å². The topological polar surface area (TPSA) is 30.2 Å².